The molecule has 0 radical (unpaired) electrons. The molecule has 9 heteroatoms. The molecule has 1 aliphatic rings. The van der Waals surface area contributed by atoms with E-state index in [0.29, 0.717) is 31.7 Å². The normalized spacial score (nSPS) is 15.8. The quantitative estimate of drug-likeness (QED) is 0.398. The molecule has 3 heterocycles. The monoisotopic (exact) mass is 474 g/mol. The number of methoxy groups -OCH3 is 1. The Hall–Kier alpha value is -3.56. The number of benzene rings is 2. The minimum absolute atomic E-state index is 0.0817. The highest BCUT2D eigenvalue weighted by Crippen LogP contribution is 2.19. The number of aromatic amines is 1. The SMILES string of the molecule is COc1ccc(CN(Cc2cc3ccc(C)cc3[nH]c2=O)Cc2nnnn2CC2CCCO2)cc1. The van der Waals surface area contributed by atoms with Crippen LogP contribution in [0.25, 0.3) is 10.9 Å². The van der Waals surface area contributed by atoms with Crippen LogP contribution in [0.5, 0.6) is 5.75 Å². The molecular weight excluding hydrogens is 444 g/mol. The zero-order valence-electron chi connectivity index (χ0n) is 20.1. The molecule has 5 rings (SSSR count). The van der Waals surface area contributed by atoms with E-state index < -0.39 is 0 Å². The molecule has 9 nitrogen and oxygen atoms in total. The Morgan fingerprint density at radius 2 is 2.00 bits per heavy atom. The van der Waals surface area contributed by atoms with Crippen molar-refractivity contribution in [3.8, 4) is 5.75 Å². The van der Waals surface area contributed by atoms with Gasteiger partial charge >= 0.3 is 0 Å². The van der Waals surface area contributed by atoms with Gasteiger partial charge in [-0.25, -0.2) is 4.68 Å². The van der Waals surface area contributed by atoms with Crippen LogP contribution >= 0.6 is 0 Å². The Balaban J connectivity index is 1.41. The highest BCUT2D eigenvalue weighted by Gasteiger charge is 2.21. The summed E-state index contributed by atoms with van der Waals surface area (Å²) < 4.78 is 12.9. The van der Waals surface area contributed by atoms with E-state index in [9.17, 15) is 4.79 Å². The second kappa shape index (κ2) is 10.4. The predicted molar refractivity (Wildman–Crippen MR) is 132 cm³/mol. The highest BCUT2D eigenvalue weighted by molar-refractivity contribution is 5.79. The molecule has 0 aliphatic carbocycles. The third-order valence-electron chi connectivity index (χ3n) is 6.41. The maximum Gasteiger partial charge on any atom is 0.252 e. The van der Waals surface area contributed by atoms with E-state index in [0.717, 1.165) is 53.1 Å². The lowest BCUT2D eigenvalue weighted by Gasteiger charge is -2.22. The fraction of sp³-hybridized carbons (Fsp3) is 0.385. The predicted octanol–water partition coefficient (Wildman–Crippen LogP) is 3.21. The number of tetrazole rings is 1. The van der Waals surface area contributed by atoms with Gasteiger partial charge in [-0.3, -0.25) is 9.69 Å². The Labute approximate surface area is 203 Å². The van der Waals surface area contributed by atoms with Crippen molar-refractivity contribution in [2.75, 3.05) is 13.7 Å². The van der Waals surface area contributed by atoms with Gasteiger partial charge in [-0.1, -0.05) is 24.3 Å². The summed E-state index contributed by atoms with van der Waals surface area (Å²) in [4.78, 5) is 18.2. The number of nitrogens with one attached hydrogen (secondary N) is 1. The molecule has 2 aromatic heterocycles. The van der Waals surface area contributed by atoms with Gasteiger partial charge in [0.2, 0.25) is 0 Å². The van der Waals surface area contributed by atoms with E-state index in [2.05, 4.69) is 31.5 Å². The summed E-state index contributed by atoms with van der Waals surface area (Å²) >= 11 is 0. The van der Waals surface area contributed by atoms with Crippen molar-refractivity contribution < 1.29 is 9.47 Å². The molecule has 182 valence electrons. The van der Waals surface area contributed by atoms with E-state index in [1.54, 1.807) is 7.11 Å². The van der Waals surface area contributed by atoms with Crippen molar-refractivity contribution in [2.45, 2.75) is 52.0 Å². The van der Waals surface area contributed by atoms with Crippen molar-refractivity contribution in [1.29, 1.82) is 0 Å². The Morgan fingerprint density at radius 3 is 2.77 bits per heavy atom. The Bertz CT molecular complexity index is 1340. The number of nitrogens with zero attached hydrogens (tertiary/aromatic N) is 5. The summed E-state index contributed by atoms with van der Waals surface area (Å²) in [5, 5.41) is 13.4. The van der Waals surface area contributed by atoms with Crippen LogP contribution in [0.3, 0.4) is 0 Å². The molecule has 4 aromatic rings. The number of ether oxygens (including phenoxy) is 2. The molecule has 35 heavy (non-hydrogen) atoms. The minimum Gasteiger partial charge on any atom is -0.497 e. The molecule has 0 saturated carbocycles. The third kappa shape index (κ3) is 5.58. The van der Waals surface area contributed by atoms with Crippen molar-refractivity contribution in [3.05, 3.63) is 81.4 Å². The maximum atomic E-state index is 13.0. The van der Waals surface area contributed by atoms with E-state index >= 15 is 0 Å². The Morgan fingerprint density at radius 1 is 1.14 bits per heavy atom. The second-order valence-corrected chi connectivity index (χ2v) is 9.12. The molecule has 1 unspecified atom stereocenters. The van der Waals surface area contributed by atoms with E-state index in [1.807, 2.05) is 54.1 Å². The summed E-state index contributed by atoms with van der Waals surface area (Å²) in [7, 11) is 1.66. The Kier molecular flexibility index (Phi) is 6.87. The van der Waals surface area contributed by atoms with Gasteiger partial charge in [0.25, 0.3) is 5.56 Å². The first-order valence-electron chi connectivity index (χ1n) is 11.9. The first-order chi connectivity index (χ1) is 17.1. The van der Waals surface area contributed by atoms with Crippen molar-refractivity contribution in [1.82, 2.24) is 30.1 Å². The van der Waals surface area contributed by atoms with Gasteiger partial charge in [0, 0.05) is 30.8 Å². The number of rotatable bonds is 9. The average Bonchev–Trinajstić information content (AvgIpc) is 3.53. The number of pyridine rings is 1. The number of hydrogen-bond donors (Lipinski definition) is 1. The average molecular weight is 475 g/mol. The molecule has 1 aliphatic heterocycles. The summed E-state index contributed by atoms with van der Waals surface area (Å²) in [5.74, 6) is 1.56. The van der Waals surface area contributed by atoms with Gasteiger partial charge in [0.15, 0.2) is 5.82 Å². The first kappa shape index (κ1) is 23.2. The van der Waals surface area contributed by atoms with Crippen LogP contribution in [0.1, 0.15) is 35.4 Å². The van der Waals surface area contributed by atoms with Gasteiger partial charge in [-0.15, -0.1) is 5.10 Å². The smallest absolute Gasteiger partial charge is 0.252 e. The van der Waals surface area contributed by atoms with Crippen LogP contribution in [-0.4, -0.2) is 49.9 Å². The van der Waals surface area contributed by atoms with Gasteiger partial charge in [0.1, 0.15) is 5.75 Å². The molecule has 1 N–H and O–H groups in total. The lowest BCUT2D eigenvalue weighted by molar-refractivity contribution is 0.0914. The van der Waals surface area contributed by atoms with Gasteiger partial charge in [-0.05, 0) is 71.0 Å². The zero-order valence-corrected chi connectivity index (χ0v) is 20.1. The number of aryl methyl sites for hydroxylation is 1. The maximum absolute atomic E-state index is 13.0. The summed E-state index contributed by atoms with van der Waals surface area (Å²) in [6.07, 6.45) is 2.22. The number of hydrogen-bond acceptors (Lipinski definition) is 7. The summed E-state index contributed by atoms with van der Waals surface area (Å²) in [6, 6.07) is 16.0. The van der Waals surface area contributed by atoms with Crippen LogP contribution in [0.4, 0.5) is 0 Å². The molecule has 0 amide bonds. The number of aromatic nitrogens is 5. The zero-order chi connectivity index (χ0) is 24.2. The van der Waals surface area contributed by atoms with Crippen molar-refractivity contribution in [3.63, 3.8) is 0 Å². The third-order valence-corrected chi connectivity index (χ3v) is 6.41. The number of H-pyrrole nitrogens is 1. The van der Waals surface area contributed by atoms with Crippen molar-refractivity contribution in [2.24, 2.45) is 0 Å². The molecule has 1 atom stereocenters. The first-order valence-corrected chi connectivity index (χ1v) is 11.9. The van der Waals surface area contributed by atoms with Gasteiger partial charge in [-0.2, -0.15) is 0 Å². The molecule has 2 aromatic carbocycles. The second-order valence-electron chi connectivity index (χ2n) is 9.12. The highest BCUT2D eigenvalue weighted by atomic mass is 16.5. The van der Waals surface area contributed by atoms with E-state index in [1.165, 1.54) is 0 Å². The van der Waals surface area contributed by atoms with E-state index in [4.69, 9.17) is 9.47 Å². The fourth-order valence-electron chi connectivity index (χ4n) is 4.53. The lowest BCUT2D eigenvalue weighted by Crippen LogP contribution is -2.29. The van der Waals surface area contributed by atoms with Crippen LogP contribution in [0.15, 0.2) is 53.3 Å². The van der Waals surface area contributed by atoms with Gasteiger partial charge in [0.05, 0.1) is 26.3 Å². The molecule has 1 saturated heterocycles. The molecule has 0 spiro atoms. The summed E-state index contributed by atoms with van der Waals surface area (Å²) in [6.45, 7) is 5.02. The molecule has 1 fully saturated rings. The van der Waals surface area contributed by atoms with E-state index in [-0.39, 0.29) is 11.7 Å². The molecular formula is C26H30N6O3. The standard InChI is InChI=1S/C26H30N6O3/c1-18-5-8-20-13-21(26(33)27-24(20)12-18)15-31(14-19-6-9-22(34-2)10-7-19)17-25-28-29-30-32(25)16-23-4-3-11-35-23/h5-10,12-13,23H,3-4,11,14-17H2,1-2H3,(H,27,33). The van der Waals surface area contributed by atoms with Crippen molar-refractivity contribution >= 4 is 10.9 Å². The lowest BCUT2D eigenvalue weighted by atomic mass is 10.1. The van der Waals surface area contributed by atoms with Crippen LogP contribution in [0.2, 0.25) is 0 Å². The van der Waals surface area contributed by atoms with Crippen LogP contribution in [-0.2, 0) is 30.9 Å². The minimum atomic E-state index is -0.0817. The number of fused-ring (bicyclic) bond motifs is 1. The fourth-order valence-corrected chi connectivity index (χ4v) is 4.53. The topological polar surface area (TPSA) is 98.2 Å². The largest absolute Gasteiger partial charge is 0.497 e. The van der Waals surface area contributed by atoms with Crippen LogP contribution in [0, 0.1) is 6.92 Å². The van der Waals surface area contributed by atoms with Crippen LogP contribution < -0.4 is 10.3 Å². The summed E-state index contributed by atoms with van der Waals surface area (Å²) in [5.41, 5.74) is 3.69. The molecule has 0 bridgehead atoms. The van der Waals surface area contributed by atoms with Gasteiger partial charge < -0.3 is 14.5 Å².